The minimum absolute atomic E-state index is 0.374. The second kappa shape index (κ2) is 6.90. The highest BCUT2D eigenvalue weighted by Gasteiger charge is 2.50. The molecule has 19 heavy (non-hydrogen) atoms. The summed E-state index contributed by atoms with van der Waals surface area (Å²) in [5.41, 5.74) is 0.374. The van der Waals surface area contributed by atoms with Crippen LogP contribution in [0, 0.1) is 17.3 Å². The molecule has 0 heterocycles. The smallest absolute Gasteiger partial charge is 0.136 e. The SMILES string of the molecule is CCCCCCCCC1CC[C@@H]2C(=O)CCC[C@]12C. The minimum Gasteiger partial charge on any atom is -0.299 e. The van der Waals surface area contributed by atoms with Gasteiger partial charge in [0, 0.05) is 12.3 Å². The summed E-state index contributed by atoms with van der Waals surface area (Å²) >= 11 is 0. The normalized spacial score (nSPS) is 34.5. The van der Waals surface area contributed by atoms with Gasteiger partial charge in [-0.05, 0) is 43.4 Å². The van der Waals surface area contributed by atoms with Gasteiger partial charge in [-0.3, -0.25) is 4.79 Å². The predicted octanol–water partition coefficient (Wildman–Crippen LogP) is 5.52. The summed E-state index contributed by atoms with van der Waals surface area (Å²) in [7, 11) is 0. The molecular formula is C18H32O. The zero-order chi connectivity index (χ0) is 13.7. The van der Waals surface area contributed by atoms with Gasteiger partial charge in [0.2, 0.25) is 0 Å². The summed E-state index contributed by atoms with van der Waals surface area (Å²) in [6, 6.07) is 0. The van der Waals surface area contributed by atoms with Gasteiger partial charge in [0.15, 0.2) is 0 Å². The van der Waals surface area contributed by atoms with E-state index >= 15 is 0 Å². The summed E-state index contributed by atoms with van der Waals surface area (Å²) in [6.45, 7) is 4.70. The number of ketones is 1. The van der Waals surface area contributed by atoms with E-state index < -0.39 is 0 Å². The van der Waals surface area contributed by atoms with Crippen molar-refractivity contribution in [2.24, 2.45) is 17.3 Å². The average Bonchev–Trinajstić information content (AvgIpc) is 2.72. The average molecular weight is 264 g/mol. The Labute approximate surface area is 119 Å². The van der Waals surface area contributed by atoms with E-state index in [9.17, 15) is 4.79 Å². The third kappa shape index (κ3) is 3.41. The van der Waals surface area contributed by atoms with Gasteiger partial charge in [-0.25, -0.2) is 0 Å². The fraction of sp³-hybridized carbons (Fsp3) is 0.944. The molecule has 0 aromatic carbocycles. The van der Waals surface area contributed by atoms with E-state index in [0.717, 1.165) is 18.8 Å². The van der Waals surface area contributed by atoms with Crippen molar-refractivity contribution >= 4 is 5.78 Å². The number of Topliss-reactive ketones (excluding diaryl/α,β-unsaturated/α-hetero) is 1. The Hall–Kier alpha value is -0.330. The Balaban J connectivity index is 1.74. The Morgan fingerprint density at radius 3 is 2.63 bits per heavy atom. The van der Waals surface area contributed by atoms with Crippen molar-refractivity contribution in [1.29, 1.82) is 0 Å². The molecule has 2 aliphatic rings. The lowest BCUT2D eigenvalue weighted by Gasteiger charge is -2.40. The predicted molar refractivity (Wildman–Crippen MR) is 81.2 cm³/mol. The molecule has 1 heteroatoms. The zero-order valence-electron chi connectivity index (χ0n) is 13.0. The zero-order valence-corrected chi connectivity index (χ0v) is 13.0. The molecule has 2 fully saturated rings. The molecule has 2 aliphatic carbocycles. The Bertz CT molecular complexity index is 296. The fourth-order valence-electron chi connectivity index (χ4n) is 4.68. The van der Waals surface area contributed by atoms with E-state index in [1.165, 1.54) is 64.2 Å². The molecule has 2 rings (SSSR count). The van der Waals surface area contributed by atoms with Gasteiger partial charge >= 0.3 is 0 Å². The highest BCUT2D eigenvalue weighted by molar-refractivity contribution is 5.83. The summed E-state index contributed by atoms with van der Waals surface area (Å²) in [5, 5.41) is 0. The second-order valence-electron chi connectivity index (χ2n) is 7.21. The van der Waals surface area contributed by atoms with Crippen LogP contribution in [0.2, 0.25) is 0 Å². The van der Waals surface area contributed by atoms with E-state index in [1.807, 2.05) is 0 Å². The molecule has 0 aliphatic heterocycles. The van der Waals surface area contributed by atoms with Crippen LogP contribution in [-0.4, -0.2) is 5.78 Å². The van der Waals surface area contributed by atoms with Crippen LogP contribution in [0.3, 0.4) is 0 Å². The quantitative estimate of drug-likeness (QED) is 0.553. The van der Waals surface area contributed by atoms with E-state index in [4.69, 9.17) is 0 Å². The molecule has 2 saturated carbocycles. The van der Waals surface area contributed by atoms with Crippen molar-refractivity contribution in [2.45, 2.75) is 90.9 Å². The molecule has 0 saturated heterocycles. The molecule has 110 valence electrons. The van der Waals surface area contributed by atoms with Gasteiger partial charge in [-0.1, -0.05) is 52.4 Å². The van der Waals surface area contributed by atoms with Crippen LogP contribution in [0.15, 0.2) is 0 Å². The van der Waals surface area contributed by atoms with Crippen LogP contribution in [0.5, 0.6) is 0 Å². The number of unbranched alkanes of at least 4 members (excludes halogenated alkanes) is 5. The van der Waals surface area contributed by atoms with Crippen LogP contribution in [0.25, 0.3) is 0 Å². The van der Waals surface area contributed by atoms with Crippen LogP contribution in [-0.2, 0) is 4.79 Å². The molecule has 0 bridgehead atoms. The maximum atomic E-state index is 12.1. The van der Waals surface area contributed by atoms with Crippen LogP contribution in [0.4, 0.5) is 0 Å². The summed E-state index contributed by atoms with van der Waals surface area (Å²) in [6.07, 6.45) is 15.6. The number of carbonyl (C=O) groups is 1. The minimum atomic E-state index is 0.374. The van der Waals surface area contributed by atoms with Crippen molar-refractivity contribution in [2.75, 3.05) is 0 Å². The van der Waals surface area contributed by atoms with Gasteiger partial charge < -0.3 is 0 Å². The first-order chi connectivity index (χ1) is 9.18. The number of rotatable bonds is 7. The lowest BCUT2D eigenvalue weighted by molar-refractivity contribution is -0.129. The molecule has 0 spiro atoms. The van der Waals surface area contributed by atoms with E-state index in [2.05, 4.69) is 13.8 Å². The Morgan fingerprint density at radius 2 is 1.84 bits per heavy atom. The summed E-state index contributed by atoms with van der Waals surface area (Å²) < 4.78 is 0. The first-order valence-corrected chi connectivity index (χ1v) is 8.71. The largest absolute Gasteiger partial charge is 0.299 e. The third-order valence-corrected chi connectivity index (χ3v) is 5.97. The van der Waals surface area contributed by atoms with Crippen LogP contribution >= 0.6 is 0 Å². The Kier molecular flexibility index (Phi) is 5.47. The highest BCUT2D eigenvalue weighted by Crippen LogP contribution is 2.55. The molecule has 1 unspecified atom stereocenters. The van der Waals surface area contributed by atoms with Crippen molar-refractivity contribution < 1.29 is 4.79 Å². The first-order valence-electron chi connectivity index (χ1n) is 8.71. The number of fused-ring (bicyclic) bond motifs is 1. The topological polar surface area (TPSA) is 17.1 Å². The summed E-state index contributed by atoms with van der Waals surface area (Å²) in [5.74, 6) is 1.85. The van der Waals surface area contributed by atoms with Gasteiger partial charge in [-0.2, -0.15) is 0 Å². The van der Waals surface area contributed by atoms with Crippen molar-refractivity contribution in [3.8, 4) is 0 Å². The maximum Gasteiger partial charge on any atom is 0.136 e. The van der Waals surface area contributed by atoms with E-state index in [-0.39, 0.29) is 0 Å². The van der Waals surface area contributed by atoms with Gasteiger partial charge in [0.1, 0.15) is 5.78 Å². The number of hydrogen-bond donors (Lipinski definition) is 0. The second-order valence-corrected chi connectivity index (χ2v) is 7.21. The standard InChI is InChI=1S/C18H32O/c1-3-4-5-6-7-8-10-15-12-13-16-17(19)11-9-14-18(15,16)2/h15-16H,3-14H2,1-2H3/t15?,16-,18-/m1/s1. The molecule has 0 amide bonds. The molecule has 0 radical (unpaired) electrons. The van der Waals surface area contributed by atoms with Crippen molar-refractivity contribution in [3.05, 3.63) is 0 Å². The number of carbonyl (C=O) groups excluding carboxylic acids is 1. The lowest BCUT2D eigenvalue weighted by atomic mass is 9.64. The maximum absolute atomic E-state index is 12.1. The van der Waals surface area contributed by atoms with Crippen molar-refractivity contribution in [1.82, 2.24) is 0 Å². The molecule has 3 atom stereocenters. The van der Waals surface area contributed by atoms with Crippen LogP contribution in [0.1, 0.15) is 90.9 Å². The van der Waals surface area contributed by atoms with Gasteiger partial charge in [0.25, 0.3) is 0 Å². The van der Waals surface area contributed by atoms with Gasteiger partial charge in [0.05, 0.1) is 0 Å². The third-order valence-electron chi connectivity index (χ3n) is 5.97. The molecule has 1 nitrogen and oxygen atoms in total. The van der Waals surface area contributed by atoms with Crippen molar-refractivity contribution in [3.63, 3.8) is 0 Å². The Morgan fingerprint density at radius 1 is 1.11 bits per heavy atom. The van der Waals surface area contributed by atoms with Crippen LogP contribution < -0.4 is 0 Å². The van der Waals surface area contributed by atoms with Gasteiger partial charge in [-0.15, -0.1) is 0 Å². The van der Waals surface area contributed by atoms with E-state index in [0.29, 0.717) is 17.1 Å². The highest BCUT2D eigenvalue weighted by atomic mass is 16.1. The lowest BCUT2D eigenvalue weighted by Crippen LogP contribution is -2.37. The molecule has 0 N–H and O–H groups in total. The first kappa shape index (κ1) is 15.1. The molecular weight excluding hydrogens is 232 g/mol. The monoisotopic (exact) mass is 264 g/mol. The summed E-state index contributed by atoms with van der Waals surface area (Å²) in [4.78, 5) is 12.1. The van der Waals surface area contributed by atoms with E-state index in [1.54, 1.807) is 0 Å². The molecule has 0 aromatic rings. The number of hydrogen-bond acceptors (Lipinski definition) is 1. The molecule has 0 aromatic heterocycles. The fourth-order valence-corrected chi connectivity index (χ4v) is 4.68.